The zero-order chi connectivity index (χ0) is 17.2. The number of halogens is 1. The number of carbonyl (C=O) groups excluding carboxylic acids is 2. The van der Waals surface area contributed by atoms with Crippen LogP contribution in [0.25, 0.3) is 0 Å². The number of likely N-dealkylation sites (tertiary alicyclic amines) is 1. The van der Waals surface area contributed by atoms with Crippen molar-refractivity contribution in [3.05, 3.63) is 34.9 Å². The number of rotatable bonds is 4. The first kappa shape index (κ1) is 17.1. The molecule has 3 amide bonds. The van der Waals surface area contributed by atoms with Gasteiger partial charge in [-0.05, 0) is 43.4 Å². The fourth-order valence-electron chi connectivity index (χ4n) is 4.10. The minimum absolute atomic E-state index is 0.0313. The number of carbonyl (C=O) groups is 2. The first-order chi connectivity index (χ1) is 11.5. The Hall–Kier alpha value is -1.75. The third-order valence-electron chi connectivity index (χ3n) is 5.46. The van der Waals surface area contributed by atoms with Crippen LogP contribution in [-0.2, 0) is 10.2 Å². The average molecular weight is 350 g/mol. The van der Waals surface area contributed by atoms with E-state index in [1.807, 2.05) is 12.1 Å². The number of hydrogen-bond donors (Lipinski definition) is 2. The van der Waals surface area contributed by atoms with Crippen LogP contribution in [0, 0.1) is 0 Å². The van der Waals surface area contributed by atoms with Gasteiger partial charge in [-0.25, -0.2) is 4.79 Å². The van der Waals surface area contributed by atoms with Gasteiger partial charge in [-0.1, -0.05) is 36.6 Å². The minimum Gasteiger partial charge on any atom is -0.353 e. The summed E-state index contributed by atoms with van der Waals surface area (Å²) in [5, 5.41) is 3.81. The number of benzene rings is 1. The van der Waals surface area contributed by atoms with E-state index in [2.05, 4.69) is 17.4 Å². The molecule has 1 heterocycles. The highest BCUT2D eigenvalue weighted by Crippen LogP contribution is 2.41. The number of amides is 3. The number of nitrogens with zero attached hydrogens (tertiary/aromatic N) is 1. The second kappa shape index (κ2) is 7.01. The maximum Gasteiger partial charge on any atom is 0.315 e. The predicted molar refractivity (Wildman–Crippen MR) is 93.9 cm³/mol. The van der Waals surface area contributed by atoms with E-state index in [9.17, 15) is 9.59 Å². The van der Waals surface area contributed by atoms with E-state index >= 15 is 0 Å². The van der Waals surface area contributed by atoms with Crippen molar-refractivity contribution >= 4 is 23.5 Å². The Kier molecular flexibility index (Phi) is 4.99. The molecule has 0 unspecified atom stereocenters. The number of nitrogens with two attached hydrogens (primary N) is 1. The molecule has 5 nitrogen and oxygen atoms in total. The van der Waals surface area contributed by atoms with Crippen molar-refractivity contribution < 1.29 is 9.59 Å². The van der Waals surface area contributed by atoms with E-state index in [1.165, 1.54) is 10.5 Å². The molecule has 130 valence electrons. The Morgan fingerprint density at radius 2 is 1.88 bits per heavy atom. The summed E-state index contributed by atoms with van der Waals surface area (Å²) in [6.07, 6.45) is 5.94. The molecule has 1 aliphatic carbocycles. The Morgan fingerprint density at radius 1 is 1.21 bits per heavy atom. The van der Waals surface area contributed by atoms with Crippen molar-refractivity contribution in [2.24, 2.45) is 5.73 Å². The smallest absolute Gasteiger partial charge is 0.315 e. The molecule has 1 aliphatic heterocycles. The van der Waals surface area contributed by atoms with Crippen LogP contribution in [0.2, 0.25) is 5.02 Å². The average Bonchev–Trinajstić information content (AvgIpc) is 3.23. The monoisotopic (exact) mass is 349 g/mol. The first-order valence-electron chi connectivity index (χ1n) is 8.62. The highest BCUT2D eigenvalue weighted by atomic mass is 35.5. The lowest BCUT2D eigenvalue weighted by Gasteiger charge is -2.31. The summed E-state index contributed by atoms with van der Waals surface area (Å²) in [6, 6.07) is 7.00. The molecular formula is C18H24ClN3O2. The topological polar surface area (TPSA) is 75.4 Å². The number of urea groups is 1. The lowest BCUT2D eigenvalue weighted by molar-refractivity contribution is -0.124. The highest BCUT2D eigenvalue weighted by molar-refractivity contribution is 6.30. The molecule has 1 atom stereocenters. The van der Waals surface area contributed by atoms with Crippen LogP contribution < -0.4 is 11.1 Å². The van der Waals surface area contributed by atoms with E-state index in [0.717, 1.165) is 37.1 Å². The van der Waals surface area contributed by atoms with Crippen LogP contribution >= 0.6 is 11.6 Å². The molecule has 3 rings (SSSR count). The molecule has 0 aromatic heterocycles. The molecule has 1 saturated heterocycles. The Bertz CT molecular complexity index is 611. The fraction of sp³-hybridized carbons (Fsp3) is 0.556. The quantitative estimate of drug-likeness (QED) is 0.877. The Morgan fingerprint density at radius 3 is 2.50 bits per heavy atom. The summed E-state index contributed by atoms with van der Waals surface area (Å²) >= 11 is 6.00. The van der Waals surface area contributed by atoms with Crippen LogP contribution in [-0.4, -0.2) is 36.0 Å². The highest BCUT2D eigenvalue weighted by Gasteiger charge is 2.38. The van der Waals surface area contributed by atoms with Gasteiger partial charge in [0.1, 0.15) is 6.04 Å². The van der Waals surface area contributed by atoms with E-state index in [1.54, 1.807) is 0 Å². The van der Waals surface area contributed by atoms with Crippen molar-refractivity contribution in [3.8, 4) is 0 Å². The molecule has 1 saturated carbocycles. The molecular weight excluding hydrogens is 326 g/mol. The predicted octanol–water partition coefficient (Wildman–Crippen LogP) is 2.81. The molecule has 0 bridgehead atoms. The Balaban J connectivity index is 1.69. The lowest BCUT2D eigenvalue weighted by atomic mass is 9.79. The molecule has 2 aliphatic rings. The third-order valence-corrected chi connectivity index (χ3v) is 5.71. The van der Waals surface area contributed by atoms with Crippen molar-refractivity contribution in [1.29, 1.82) is 0 Å². The molecule has 6 heteroatoms. The van der Waals surface area contributed by atoms with Crippen LogP contribution in [0.4, 0.5) is 4.79 Å². The van der Waals surface area contributed by atoms with Crippen molar-refractivity contribution in [1.82, 2.24) is 10.2 Å². The Labute approximate surface area is 147 Å². The molecule has 1 aromatic carbocycles. The third kappa shape index (κ3) is 3.36. The number of hydrogen-bond acceptors (Lipinski definition) is 2. The standard InChI is InChI=1S/C18H24ClN3O2/c19-14-7-5-13(6-8-14)18(9-1-2-10-18)12-21-16(23)15-4-3-11-22(15)17(20)24/h5-8,15H,1-4,9-12H2,(H2,20,24)(H,21,23)/t15-/m0/s1. The minimum atomic E-state index is -0.513. The SMILES string of the molecule is NC(=O)N1CCC[C@H]1C(=O)NCC1(c2ccc(Cl)cc2)CCCC1. The summed E-state index contributed by atoms with van der Waals surface area (Å²) in [6.45, 7) is 1.16. The summed E-state index contributed by atoms with van der Waals surface area (Å²) in [7, 11) is 0. The van der Waals surface area contributed by atoms with Crippen LogP contribution in [0.15, 0.2) is 24.3 Å². The van der Waals surface area contributed by atoms with Gasteiger partial charge in [0.2, 0.25) is 5.91 Å². The largest absolute Gasteiger partial charge is 0.353 e. The molecule has 0 spiro atoms. The summed E-state index contributed by atoms with van der Waals surface area (Å²) < 4.78 is 0. The van der Waals surface area contributed by atoms with Crippen LogP contribution in [0.5, 0.6) is 0 Å². The van der Waals surface area contributed by atoms with Gasteiger partial charge in [0.25, 0.3) is 0 Å². The van der Waals surface area contributed by atoms with Gasteiger partial charge >= 0.3 is 6.03 Å². The lowest BCUT2D eigenvalue weighted by Crippen LogP contribution is -2.50. The van der Waals surface area contributed by atoms with E-state index in [-0.39, 0.29) is 11.3 Å². The fourth-order valence-corrected chi connectivity index (χ4v) is 4.23. The molecule has 0 radical (unpaired) electrons. The van der Waals surface area contributed by atoms with Gasteiger partial charge in [-0.15, -0.1) is 0 Å². The second-order valence-corrected chi connectivity index (χ2v) is 7.34. The van der Waals surface area contributed by atoms with Crippen molar-refractivity contribution in [2.45, 2.75) is 50.0 Å². The van der Waals surface area contributed by atoms with Gasteiger partial charge < -0.3 is 16.0 Å². The molecule has 3 N–H and O–H groups in total. The summed E-state index contributed by atoms with van der Waals surface area (Å²) in [5.74, 6) is -0.0912. The van der Waals surface area contributed by atoms with E-state index in [4.69, 9.17) is 17.3 Å². The first-order valence-corrected chi connectivity index (χ1v) is 8.99. The van der Waals surface area contributed by atoms with Gasteiger partial charge in [0.05, 0.1) is 0 Å². The summed E-state index contributed by atoms with van der Waals surface area (Å²) in [5.41, 5.74) is 6.56. The second-order valence-electron chi connectivity index (χ2n) is 6.90. The number of primary amides is 1. The van der Waals surface area contributed by atoms with E-state index < -0.39 is 12.1 Å². The molecule has 24 heavy (non-hydrogen) atoms. The van der Waals surface area contributed by atoms with Crippen molar-refractivity contribution in [3.63, 3.8) is 0 Å². The van der Waals surface area contributed by atoms with Crippen molar-refractivity contribution in [2.75, 3.05) is 13.1 Å². The zero-order valence-electron chi connectivity index (χ0n) is 13.8. The van der Waals surface area contributed by atoms with Gasteiger partial charge in [0, 0.05) is 23.5 Å². The van der Waals surface area contributed by atoms with Crippen LogP contribution in [0.1, 0.15) is 44.1 Å². The van der Waals surface area contributed by atoms with Crippen LogP contribution in [0.3, 0.4) is 0 Å². The van der Waals surface area contributed by atoms with Gasteiger partial charge in [-0.2, -0.15) is 0 Å². The molecule has 2 fully saturated rings. The zero-order valence-corrected chi connectivity index (χ0v) is 14.5. The van der Waals surface area contributed by atoms with Gasteiger partial charge in [0.15, 0.2) is 0 Å². The normalized spacial score (nSPS) is 22.5. The summed E-state index contributed by atoms with van der Waals surface area (Å²) in [4.78, 5) is 25.5. The maximum absolute atomic E-state index is 12.6. The van der Waals surface area contributed by atoms with Gasteiger partial charge in [-0.3, -0.25) is 4.79 Å². The number of nitrogens with one attached hydrogen (secondary N) is 1. The maximum atomic E-state index is 12.6. The molecule has 1 aromatic rings. The van der Waals surface area contributed by atoms with E-state index in [0.29, 0.717) is 19.5 Å².